The maximum atomic E-state index is 13.9. The maximum Gasteiger partial charge on any atom is 0.271 e. The normalized spacial score (nSPS) is 17.6. The molecule has 5 rings (SSSR count). The number of rotatable bonds is 11. The lowest BCUT2D eigenvalue weighted by Gasteiger charge is -2.27. The summed E-state index contributed by atoms with van der Waals surface area (Å²) >= 11 is 0. The number of aromatic nitrogens is 2. The molecule has 2 atom stereocenters. The maximum absolute atomic E-state index is 13.9. The molecular weight excluding hydrogens is 500 g/mol. The van der Waals surface area contributed by atoms with Gasteiger partial charge in [0.05, 0.1) is 24.5 Å². The van der Waals surface area contributed by atoms with Gasteiger partial charge in [0.1, 0.15) is 23.1 Å². The zero-order chi connectivity index (χ0) is 27.4. The van der Waals surface area contributed by atoms with Gasteiger partial charge in [0.2, 0.25) is 0 Å². The van der Waals surface area contributed by atoms with Crippen molar-refractivity contribution in [1.82, 2.24) is 20.6 Å². The van der Waals surface area contributed by atoms with Crippen LogP contribution in [0.25, 0.3) is 0 Å². The number of amides is 1. The molecule has 1 aromatic heterocycles. The Bertz CT molecular complexity index is 1270. The number of aryl methyl sites for hydroxylation is 1. The van der Waals surface area contributed by atoms with Gasteiger partial charge in [0, 0.05) is 31.2 Å². The summed E-state index contributed by atoms with van der Waals surface area (Å²) in [6.45, 7) is 4.13. The van der Waals surface area contributed by atoms with Crippen LogP contribution in [0.15, 0.2) is 54.9 Å². The number of carbonyl (C=O) groups excluding carboxylic acids is 1. The number of hydrogen-bond acceptors (Lipinski definition) is 6. The van der Waals surface area contributed by atoms with Gasteiger partial charge in [-0.15, -0.1) is 0 Å². The molecule has 2 fully saturated rings. The van der Waals surface area contributed by atoms with E-state index in [1.54, 1.807) is 6.20 Å². The Kier molecular flexibility index (Phi) is 8.18. The molecule has 0 spiro atoms. The molecule has 1 amide bonds. The number of halogens is 2. The summed E-state index contributed by atoms with van der Waals surface area (Å²) in [5.41, 5.74) is 2.65. The molecule has 1 aliphatic carbocycles. The fraction of sp³-hybridized carbons (Fsp3) is 0.433. The molecule has 7 nitrogen and oxygen atoms in total. The molecule has 0 radical (unpaired) electrons. The van der Waals surface area contributed by atoms with Crippen molar-refractivity contribution in [1.29, 1.82) is 0 Å². The molecule has 0 unspecified atom stereocenters. The van der Waals surface area contributed by atoms with Crippen LogP contribution in [0.4, 0.5) is 14.6 Å². The predicted molar refractivity (Wildman–Crippen MR) is 146 cm³/mol. The topological polar surface area (TPSA) is 90.4 Å². The van der Waals surface area contributed by atoms with Crippen molar-refractivity contribution in [3.05, 3.63) is 88.9 Å². The number of nitrogens with one attached hydrogen (secondary N) is 2. The van der Waals surface area contributed by atoms with E-state index in [0.717, 1.165) is 57.1 Å². The second-order valence-electron chi connectivity index (χ2n) is 10.6. The van der Waals surface area contributed by atoms with Crippen molar-refractivity contribution in [3.63, 3.8) is 0 Å². The van der Waals surface area contributed by atoms with E-state index < -0.39 is 29.7 Å². The fourth-order valence-corrected chi connectivity index (χ4v) is 5.28. The summed E-state index contributed by atoms with van der Waals surface area (Å²) < 4.78 is 27.8. The average molecular weight is 536 g/mol. The molecule has 3 aromatic rings. The summed E-state index contributed by atoms with van der Waals surface area (Å²) in [6.07, 6.45) is 7.04. The lowest BCUT2D eigenvalue weighted by Crippen LogP contribution is -2.50. The first-order valence-electron chi connectivity index (χ1n) is 13.7. The highest BCUT2D eigenvalue weighted by Crippen LogP contribution is 2.45. The number of aliphatic hydroxyl groups is 1. The Morgan fingerprint density at radius 2 is 1.79 bits per heavy atom. The van der Waals surface area contributed by atoms with Gasteiger partial charge >= 0.3 is 0 Å². The molecule has 1 aliphatic heterocycles. The molecule has 1 saturated heterocycles. The quantitative estimate of drug-likeness (QED) is 0.345. The first-order chi connectivity index (χ1) is 18.8. The Labute approximate surface area is 227 Å². The van der Waals surface area contributed by atoms with Gasteiger partial charge in [0.15, 0.2) is 0 Å². The third kappa shape index (κ3) is 6.59. The second kappa shape index (κ2) is 11.8. The van der Waals surface area contributed by atoms with Crippen LogP contribution in [0.5, 0.6) is 0 Å². The van der Waals surface area contributed by atoms with Gasteiger partial charge in [0.25, 0.3) is 5.91 Å². The van der Waals surface area contributed by atoms with Gasteiger partial charge in [-0.25, -0.2) is 18.7 Å². The predicted octanol–water partition coefficient (Wildman–Crippen LogP) is 3.90. The summed E-state index contributed by atoms with van der Waals surface area (Å²) in [6, 6.07) is 10.8. The van der Waals surface area contributed by atoms with E-state index in [1.165, 1.54) is 29.5 Å². The number of nitrogens with zero attached hydrogens (tertiary/aromatic N) is 3. The van der Waals surface area contributed by atoms with E-state index in [0.29, 0.717) is 5.56 Å². The first kappa shape index (κ1) is 27.1. The third-order valence-electron chi connectivity index (χ3n) is 7.75. The lowest BCUT2D eigenvalue weighted by atomic mass is 9.98. The Morgan fingerprint density at radius 1 is 1.05 bits per heavy atom. The molecular formula is C30H35F2N5O2. The van der Waals surface area contributed by atoms with Gasteiger partial charge in [-0.1, -0.05) is 31.2 Å². The minimum absolute atomic E-state index is 0.0425. The molecule has 9 heteroatoms. The molecule has 39 heavy (non-hydrogen) atoms. The smallest absolute Gasteiger partial charge is 0.271 e. The van der Waals surface area contributed by atoms with Gasteiger partial charge in [-0.3, -0.25) is 4.79 Å². The highest BCUT2D eigenvalue weighted by atomic mass is 19.1. The minimum atomic E-state index is -1.02. The van der Waals surface area contributed by atoms with Crippen molar-refractivity contribution in [2.75, 3.05) is 24.5 Å². The zero-order valence-electron chi connectivity index (χ0n) is 22.2. The highest BCUT2D eigenvalue weighted by molar-refractivity contribution is 5.92. The van der Waals surface area contributed by atoms with Crippen molar-refractivity contribution < 1.29 is 18.7 Å². The first-order valence-corrected chi connectivity index (χ1v) is 13.7. The molecule has 1 saturated carbocycles. The van der Waals surface area contributed by atoms with Crippen molar-refractivity contribution in [3.8, 4) is 0 Å². The fourth-order valence-electron chi connectivity index (χ4n) is 5.28. The van der Waals surface area contributed by atoms with Crippen molar-refractivity contribution in [2.45, 2.75) is 63.1 Å². The Hall–Kier alpha value is -3.43. The van der Waals surface area contributed by atoms with Crippen LogP contribution in [0, 0.1) is 11.6 Å². The van der Waals surface area contributed by atoms with Crippen LogP contribution < -0.4 is 15.5 Å². The Morgan fingerprint density at radius 3 is 2.44 bits per heavy atom. The number of carbonyl (C=O) groups is 1. The lowest BCUT2D eigenvalue weighted by molar-refractivity contribution is 0.0817. The molecule has 0 bridgehead atoms. The number of anilines is 1. The number of hydrogen-bond donors (Lipinski definition) is 3. The van der Waals surface area contributed by atoms with E-state index >= 15 is 0 Å². The Balaban J connectivity index is 1.30. The standard InChI is InChI=1S/C30H35F2N5O2/c1-2-20-6-5-7-22(12-20)30(8-9-30)35-18-27(38)25(15-21-13-23(31)16-24(32)14-21)36-29(39)26-17-34-28(19-33-26)37-10-3-4-11-37/h5-7,12-14,16-17,19,25,27,35,38H,2-4,8-11,15,18H2,1H3,(H,36,39)/t25-,27+/m0/s1. The molecule has 2 aromatic carbocycles. The molecule has 206 valence electrons. The zero-order valence-corrected chi connectivity index (χ0v) is 22.2. The van der Waals surface area contributed by atoms with Crippen molar-refractivity contribution in [2.24, 2.45) is 0 Å². The largest absolute Gasteiger partial charge is 0.390 e. The van der Waals surface area contributed by atoms with Crippen molar-refractivity contribution >= 4 is 11.7 Å². The van der Waals surface area contributed by atoms with Crippen LogP contribution in [-0.4, -0.2) is 52.8 Å². The summed E-state index contributed by atoms with van der Waals surface area (Å²) in [5, 5.41) is 17.6. The van der Waals surface area contributed by atoms with Crippen LogP contribution in [0.2, 0.25) is 0 Å². The van der Waals surface area contributed by atoms with Gasteiger partial charge in [-0.05, 0) is 67.3 Å². The minimum Gasteiger partial charge on any atom is -0.390 e. The van der Waals surface area contributed by atoms with E-state index in [-0.39, 0.29) is 24.2 Å². The molecule has 2 aliphatic rings. The number of aliphatic hydroxyl groups excluding tert-OH is 1. The summed E-state index contributed by atoms with van der Waals surface area (Å²) in [5.74, 6) is -1.20. The SMILES string of the molecule is CCc1cccc(C2(NC[C@@H](O)[C@H](Cc3cc(F)cc(F)c3)NC(=O)c3cnc(N4CCCC4)cn3)CC2)c1. The van der Waals surface area contributed by atoms with E-state index in [9.17, 15) is 18.7 Å². The van der Waals surface area contributed by atoms with Crippen LogP contribution in [-0.2, 0) is 18.4 Å². The monoisotopic (exact) mass is 535 g/mol. The number of benzene rings is 2. The highest BCUT2D eigenvalue weighted by Gasteiger charge is 2.44. The summed E-state index contributed by atoms with van der Waals surface area (Å²) in [7, 11) is 0. The van der Waals surface area contributed by atoms with Gasteiger partial charge < -0.3 is 20.6 Å². The van der Waals surface area contributed by atoms with Crippen LogP contribution in [0.1, 0.15) is 59.8 Å². The second-order valence-corrected chi connectivity index (χ2v) is 10.6. The van der Waals surface area contributed by atoms with Crippen LogP contribution >= 0.6 is 0 Å². The van der Waals surface area contributed by atoms with E-state index in [2.05, 4.69) is 50.6 Å². The van der Waals surface area contributed by atoms with Crippen LogP contribution in [0.3, 0.4) is 0 Å². The van der Waals surface area contributed by atoms with E-state index in [4.69, 9.17) is 0 Å². The molecule has 3 N–H and O–H groups in total. The van der Waals surface area contributed by atoms with E-state index in [1.807, 2.05) is 6.07 Å². The third-order valence-corrected chi connectivity index (χ3v) is 7.75. The molecule has 2 heterocycles. The summed E-state index contributed by atoms with van der Waals surface area (Å²) in [4.78, 5) is 23.9. The van der Waals surface area contributed by atoms with Gasteiger partial charge in [-0.2, -0.15) is 0 Å². The average Bonchev–Trinajstić information content (AvgIpc) is 3.53.